The van der Waals surface area contributed by atoms with E-state index in [1.165, 1.54) is 0 Å². The number of halogens is 1. The van der Waals surface area contributed by atoms with Crippen LogP contribution >= 0.6 is 22.9 Å². The molecule has 0 spiro atoms. The van der Waals surface area contributed by atoms with Crippen molar-refractivity contribution >= 4 is 39.9 Å². The van der Waals surface area contributed by atoms with Gasteiger partial charge in [0.05, 0.1) is 23.8 Å². The minimum absolute atomic E-state index is 0.123. The first-order valence-electron chi connectivity index (χ1n) is 11.7. The summed E-state index contributed by atoms with van der Waals surface area (Å²) in [6, 6.07) is 15.1. The van der Waals surface area contributed by atoms with Gasteiger partial charge in [-0.3, -0.25) is 9.25 Å². The van der Waals surface area contributed by atoms with E-state index in [9.17, 15) is 9.90 Å². The highest BCUT2D eigenvalue weighted by Gasteiger charge is 2.22. The molecule has 1 N–H and O–H groups in total. The van der Waals surface area contributed by atoms with Crippen LogP contribution in [-0.4, -0.2) is 55.9 Å². The highest BCUT2D eigenvalue weighted by molar-refractivity contribution is 7.16. The number of aromatic carboxylic acids is 1. The molecule has 0 fully saturated rings. The Morgan fingerprint density at radius 3 is 2.76 bits per heavy atom. The number of hydrogen-bond acceptors (Lipinski definition) is 6. The molecule has 190 valence electrons. The minimum Gasteiger partial charge on any atom is -0.484 e. The second kappa shape index (κ2) is 10.4. The number of aromatic nitrogens is 4. The lowest BCUT2D eigenvalue weighted by atomic mass is 10.1. The van der Waals surface area contributed by atoms with Crippen LogP contribution in [0.4, 0.5) is 0 Å². The normalized spacial score (nSPS) is 12.4. The van der Waals surface area contributed by atoms with Gasteiger partial charge in [0.2, 0.25) is 0 Å². The van der Waals surface area contributed by atoms with Crippen LogP contribution in [0.25, 0.3) is 27.2 Å². The Morgan fingerprint density at radius 2 is 2.00 bits per heavy atom. The number of rotatable bonds is 9. The molecule has 37 heavy (non-hydrogen) atoms. The number of nitrogens with zero attached hydrogens (tertiary/aromatic N) is 5. The Bertz CT molecular complexity index is 1570. The van der Waals surface area contributed by atoms with Gasteiger partial charge in [-0.25, -0.2) is 9.78 Å². The fourth-order valence-electron chi connectivity index (χ4n) is 4.08. The molecule has 0 unspecified atom stereocenters. The van der Waals surface area contributed by atoms with Gasteiger partial charge in [0, 0.05) is 35.0 Å². The molecule has 5 aromatic rings. The maximum Gasteiger partial charge on any atom is 0.349 e. The fraction of sp³-hybridized carbons (Fsp3) is 0.222. The summed E-state index contributed by atoms with van der Waals surface area (Å²) in [7, 11) is 4.08. The third kappa shape index (κ3) is 5.24. The molecule has 3 heterocycles. The molecule has 0 aliphatic carbocycles. The van der Waals surface area contributed by atoms with E-state index >= 15 is 0 Å². The minimum atomic E-state index is -1.05. The topological polar surface area (TPSA) is 85.4 Å². The number of likely N-dealkylation sites (N-methyl/N-ethyl adjacent to an activating group) is 1. The number of fused-ring (bicyclic) bond motifs is 1. The van der Waals surface area contributed by atoms with Crippen molar-refractivity contribution in [3.8, 4) is 21.9 Å². The van der Waals surface area contributed by atoms with E-state index in [-0.39, 0.29) is 4.88 Å². The van der Waals surface area contributed by atoms with Gasteiger partial charge < -0.3 is 14.7 Å². The maximum atomic E-state index is 12.0. The molecule has 10 heteroatoms. The molecule has 0 saturated carbocycles. The van der Waals surface area contributed by atoms with Gasteiger partial charge in [0.15, 0.2) is 4.88 Å². The largest absolute Gasteiger partial charge is 0.484 e. The van der Waals surface area contributed by atoms with Gasteiger partial charge in [0.25, 0.3) is 0 Å². The molecule has 0 aliphatic rings. The van der Waals surface area contributed by atoms with E-state index in [0.717, 1.165) is 52.2 Å². The molecular formula is C27H26ClN5O3S. The van der Waals surface area contributed by atoms with E-state index in [2.05, 4.69) is 15.0 Å². The highest BCUT2D eigenvalue weighted by atomic mass is 35.5. The first-order valence-corrected chi connectivity index (χ1v) is 12.9. The standard InChI is InChI=1S/C27H26ClN5O3S/c1-17(20-6-4-5-7-21(20)28)36-24-13-25(37-26(24)27(34)35)33-16-29-22-12-18(8-9-23(22)33)19-14-30-32(15-19)11-10-31(2)3/h4-9,12-17H,10-11H2,1-3H3,(H,34,35)/t17-/m1/s1. The van der Waals surface area contributed by atoms with E-state index in [0.29, 0.717) is 15.8 Å². The van der Waals surface area contributed by atoms with Crippen molar-refractivity contribution in [2.45, 2.75) is 19.6 Å². The molecule has 3 aromatic heterocycles. The van der Waals surface area contributed by atoms with Gasteiger partial charge >= 0.3 is 5.97 Å². The average molecular weight is 536 g/mol. The Morgan fingerprint density at radius 1 is 1.19 bits per heavy atom. The number of hydrogen-bond donors (Lipinski definition) is 1. The monoisotopic (exact) mass is 535 g/mol. The van der Waals surface area contributed by atoms with Crippen molar-refractivity contribution in [3.63, 3.8) is 0 Å². The van der Waals surface area contributed by atoms with Crippen molar-refractivity contribution in [1.82, 2.24) is 24.2 Å². The van der Waals surface area contributed by atoms with Gasteiger partial charge in [-0.15, -0.1) is 11.3 Å². The SMILES string of the molecule is C[C@@H](Oc1cc(-n2cnc3cc(-c4cnn(CCN(C)C)c4)ccc32)sc1C(=O)O)c1ccccc1Cl. The molecule has 2 aromatic carbocycles. The number of thiophene rings is 1. The Hall–Kier alpha value is -3.66. The van der Waals surface area contributed by atoms with Crippen molar-refractivity contribution < 1.29 is 14.6 Å². The molecule has 1 atom stereocenters. The van der Waals surface area contributed by atoms with E-state index in [1.807, 2.05) is 79.1 Å². The van der Waals surface area contributed by atoms with E-state index in [4.69, 9.17) is 16.3 Å². The number of ether oxygens (including phenoxy) is 1. The summed E-state index contributed by atoms with van der Waals surface area (Å²) in [6.45, 7) is 3.57. The number of benzene rings is 2. The lowest BCUT2D eigenvalue weighted by Gasteiger charge is -2.15. The summed E-state index contributed by atoms with van der Waals surface area (Å²) in [5.74, 6) is -0.751. The summed E-state index contributed by atoms with van der Waals surface area (Å²) in [4.78, 5) is 18.8. The number of imidazole rings is 1. The van der Waals surface area contributed by atoms with Crippen LogP contribution in [0.15, 0.2) is 67.3 Å². The van der Waals surface area contributed by atoms with Crippen LogP contribution in [0.3, 0.4) is 0 Å². The molecule has 5 rings (SSSR count). The van der Waals surface area contributed by atoms with Crippen LogP contribution in [0.1, 0.15) is 28.3 Å². The maximum absolute atomic E-state index is 12.0. The molecule has 8 nitrogen and oxygen atoms in total. The van der Waals surface area contributed by atoms with Crippen LogP contribution in [0, 0.1) is 0 Å². The van der Waals surface area contributed by atoms with Crippen molar-refractivity contribution in [2.75, 3.05) is 20.6 Å². The van der Waals surface area contributed by atoms with Gasteiger partial charge in [-0.2, -0.15) is 5.10 Å². The zero-order valence-electron chi connectivity index (χ0n) is 20.6. The third-order valence-corrected chi connectivity index (χ3v) is 7.50. The van der Waals surface area contributed by atoms with Crippen LogP contribution in [0.2, 0.25) is 5.02 Å². The van der Waals surface area contributed by atoms with Crippen molar-refractivity contribution in [2.24, 2.45) is 0 Å². The molecule has 0 bridgehead atoms. The summed E-state index contributed by atoms with van der Waals surface area (Å²) in [5, 5.41) is 15.6. The summed E-state index contributed by atoms with van der Waals surface area (Å²) >= 11 is 7.45. The first kappa shape index (κ1) is 25.0. The van der Waals surface area contributed by atoms with Gasteiger partial charge in [-0.05, 0) is 44.8 Å². The number of carboxylic acids is 1. The molecule has 0 saturated heterocycles. The quantitative estimate of drug-likeness (QED) is 0.249. The van der Waals surface area contributed by atoms with E-state index in [1.54, 1.807) is 18.5 Å². The van der Waals surface area contributed by atoms with Crippen LogP contribution in [-0.2, 0) is 6.54 Å². The third-order valence-electron chi connectivity index (χ3n) is 6.05. The smallest absolute Gasteiger partial charge is 0.349 e. The molecule has 0 aliphatic heterocycles. The Labute approximate surface area is 223 Å². The summed E-state index contributed by atoms with van der Waals surface area (Å²) < 4.78 is 9.89. The predicted octanol–water partition coefficient (Wildman–Crippen LogP) is 6.00. The van der Waals surface area contributed by atoms with Crippen LogP contribution < -0.4 is 4.74 Å². The second-order valence-electron chi connectivity index (χ2n) is 8.98. The molecule has 0 radical (unpaired) electrons. The van der Waals surface area contributed by atoms with Gasteiger partial charge in [-0.1, -0.05) is 35.9 Å². The average Bonchev–Trinajstić information content (AvgIpc) is 3.60. The number of carboxylic acid groups (broad SMARTS) is 1. The summed E-state index contributed by atoms with van der Waals surface area (Å²) in [5.41, 5.74) is 4.50. The molecular weight excluding hydrogens is 510 g/mol. The Balaban J connectivity index is 1.43. The van der Waals surface area contributed by atoms with E-state index < -0.39 is 12.1 Å². The predicted molar refractivity (Wildman–Crippen MR) is 146 cm³/mol. The van der Waals surface area contributed by atoms with Crippen molar-refractivity contribution in [1.29, 1.82) is 0 Å². The summed E-state index contributed by atoms with van der Waals surface area (Å²) in [6.07, 6.45) is 5.17. The zero-order valence-corrected chi connectivity index (χ0v) is 22.2. The second-order valence-corrected chi connectivity index (χ2v) is 10.4. The lowest BCUT2D eigenvalue weighted by Crippen LogP contribution is -2.18. The fourth-order valence-corrected chi connectivity index (χ4v) is 5.28. The Kier molecular flexibility index (Phi) is 7.01. The zero-order chi connectivity index (χ0) is 26.1. The molecule has 0 amide bonds. The first-order chi connectivity index (χ1) is 17.8. The number of carbonyl (C=O) groups is 1. The van der Waals surface area contributed by atoms with Crippen molar-refractivity contribution in [3.05, 3.63) is 82.7 Å². The van der Waals surface area contributed by atoms with Gasteiger partial charge in [0.1, 0.15) is 23.2 Å². The highest BCUT2D eigenvalue weighted by Crippen LogP contribution is 2.37. The lowest BCUT2D eigenvalue weighted by molar-refractivity contribution is 0.0696. The van der Waals surface area contributed by atoms with Crippen LogP contribution in [0.5, 0.6) is 5.75 Å².